The summed E-state index contributed by atoms with van der Waals surface area (Å²) in [4.78, 5) is 13.8. The molecule has 0 spiro atoms. The normalized spacial score (nSPS) is 14.1. The van der Waals surface area contributed by atoms with Crippen molar-refractivity contribution in [2.45, 2.75) is 11.4 Å². The Morgan fingerprint density at radius 1 is 1.23 bits per heavy atom. The van der Waals surface area contributed by atoms with Crippen LogP contribution >= 0.6 is 0 Å². The summed E-state index contributed by atoms with van der Waals surface area (Å²) in [6, 6.07) is 15.5. The van der Waals surface area contributed by atoms with Gasteiger partial charge in [0, 0.05) is 19.2 Å². The number of fused-ring (bicyclic) bond motifs is 1. The van der Waals surface area contributed by atoms with Crippen molar-refractivity contribution in [1.82, 2.24) is 10.2 Å². The third kappa shape index (κ3) is 3.58. The van der Waals surface area contributed by atoms with E-state index in [-0.39, 0.29) is 29.7 Å². The molecule has 1 aliphatic rings. The number of nitriles is 1. The van der Waals surface area contributed by atoms with Crippen molar-refractivity contribution < 1.29 is 13.2 Å². The number of rotatable bonds is 4. The summed E-state index contributed by atoms with van der Waals surface area (Å²) >= 11 is 0. The molecule has 1 N–H and O–H groups in total. The SMILES string of the molecule is CN(CC(=O)NCc1cccc(C#N)c1)C1=NS(=O)(=O)c2ccccc21. The topological polar surface area (TPSA) is 103 Å². The highest BCUT2D eigenvalue weighted by molar-refractivity contribution is 7.90. The predicted molar refractivity (Wildman–Crippen MR) is 95.8 cm³/mol. The van der Waals surface area contributed by atoms with Crippen LogP contribution in [0.5, 0.6) is 0 Å². The average Bonchev–Trinajstić information content (AvgIpc) is 2.92. The van der Waals surface area contributed by atoms with Gasteiger partial charge in [0.25, 0.3) is 10.0 Å². The molecule has 1 amide bonds. The van der Waals surface area contributed by atoms with Crippen LogP contribution in [0, 0.1) is 11.3 Å². The fourth-order valence-electron chi connectivity index (χ4n) is 2.66. The second-order valence-corrected chi connectivity index (χ2v) is 7.40. The molecule has 26 heavy (non-hydrogen) atoms. The van der Waals surface area contributed by atoms with Crippen LogP contribution in [0.1, 0.15) is 16.7 Å². The molecule has 2 aromatic rings. The minimum absolute atomic E-state index is 0.0410. The lowest BCUT2D eigenvalue weighted by Gasteiger charge is -2.18. The van der Waals surface area contributed by atoms with Crippen LogP contribution in [-0.4, -0.2) is 38.7 Å². The van der Waals surface area contributed by atoms with E-state index in [1.54, 1.807) is 43.4 Å². The Morgan fingerprint density at radius 3 is 2.77 bits per heavy atom. The molecule has 132 valence electrons. The van der Waals surface area contributed by atoms with Gasteiger partial charge in [-0.3, -0.25) is 4.79 Å². The Kier molecular flexibility index (Phi) is 4.73. The van der Waals surface area contributed by atoms with Gasteiger partial charge in [-0.25, -0.2) is 0 Å². The lowest BCUT2D eigenvalue weighted by Crippen LogP contribution is -2.38. The number of carbonyl (C=O) groups is 1. The van der Waals surface area contributed by atoms with E-state index >= 15 is 0 Å². The van der Waals surface area contributed by atoms with Crippen LogP contribution in [0.2, 0.25) is 0 Å². The number of hydrogen-bond donors (Lipinski definition) is 1. The van der Waals surface area contributed by atoms with Crippen LogP contribution in [0.25, 0.3) is 0 Å². The number of nitrogens with zero attached hydrogens (tertiary/aromatic N) is 3. The third-order valence-corrected chi connectivity index (χ3v) is 5.23. The minimum atomic E-state index is -3.71. The molecule has 1 heterocycles. The molecule has 3 rings (SSSR count). The zero-order valence-electron chi connectivity index (χ0n) is 14.0. The van der Waals surface area contributed by atoms with Crippen molar-refractivity contribution in [2.24, 2.45) is 4.40 Å². The van der Waals surface area contributed by atoms with Crippen molar-refractivity contribution in [3.8, 4) is 6.07 Å². The Balaban J connectivity index is 1.66. The molecule has 7 nitrogen and oxygen atoms in total. The molecule has 0 bridgehead atoms. The Morgan fingerprint density at radius 2 is 2.00 bits per heavy atom. The second kappa shape index (κ2) is 6.98. The zero-order chi connectivity index (χ0) is 18.7. The number of amides is 1. The molecule has 0 atom stereocenters. The quantitative estimate of drug-likeness (QED) is 0.875. The molecule has 0 aromatic heterocycles. The van der Waals surface area contributed by atoms with Gasteiger partial charge in [0.05, 0.1) is 18.2 Å². The molecule has 0 radical (unpaired) electrons. The highest BCUT2D eigenvalue weighted by Crippen LogP contribution is 2.26. The van der Waals surface area contributed by atoms with Gasteiger partial charge in [0.1, 0.15) is 4.90 Å². The van der Waals surface area contributed by atoms with Gasteiger partial charge in [0.15, 0.2) is 5.84 Å². The summed E-state index contributed by atoms with van der Waals surface area (Å²) in [6.45, 7) is 0.240. The summed E-state index contributed by atoms with van der Waals surface area (Å²) in [6.07, 6.45) is 0. The van der Waals surface area contributed by atoms with Crippen LogP contribution < -0.4 is 5.32 Å². The maximum atomic E-state index is 12.2. The van der Waals surface area contributed by atoms with Gasteiger partial charge in [0.2, 0.25) is 5.91 Å². The molecule has 0 saturated heterocycles. The van der Waals surface area contributed by atoms with E-state index in [2.05, 4.69) is 9.71 Å². The lowest BCUT2D eigenvalue weighted by atomic mass is 10.1. The molecule has 1 aliphatic heterocycles. The van der Waals surface area contributed by atoms with Crippen LogP contribution in [-0.2, 0) is 21.4 Å². The summed E-state index contributed by atoms with van der Waals surface area (Å²) in [7, 11) is -2.10. The fraction of sp³-hybridized carbons (Fsp3) is 0.167. The summed E-state index contributed by atoms with van der Waals surface area (Å²) in [5.74, 6) is -0.0263. The Labute approximate surface area is 151 Å². The third-order valence-electron chi connectivity index (χ3n) is 3.90. The van der Waals surface area contributed by atoms with E-state index in [0.29, 0.717) is 11.1 Å². The molecule has 0 fully saturated rings. The minimum Gasteiger partial charge on any atom is -0.350 e. The largest absolute Gasteiger partial charge is 0.350 e. The number of hydrogen-bond acceptors (Lipinski definition) is 5. The Hall–Kier alpha value is -3.18. The Bertz CT molecular complexity index is 1040. The molecule has 2 aromatic carbocycles. The highest BCUT2D eigenvalue weighted by Gasteiger charge is 2.30. The van der Waals surface area contributed by atoms with Gasteiger partial charge >= 0.3 is 0 Å². The van der Waals surface area contributed by atoms with Gasteiger partial charge < -0.3 is 10.2 Å². The van der Waals surface area contributed by atoms with Gasteiger partial charge in [-0.15, -0.1) is 4.40 Å². The first kappa shape index (κ1) is 17.6. The van der Waals surface area contributed by atoms with Crippen molar-refractivity contribution in [2.75, 3.05) is 13.6 Å². The summed E-state index contributed by atoms with van der Waals surface area (Å²) < 4.78 is 27.9. The lowest BCUT2D eigenvalue weighted by molar-refractivity contribution is -0.121. The van der Waals surface area contributed by atoms with Crippen LogP contribution in [0.15, 0.2) is 57.8 Å². The summed E-state index contributed by atoms with van der Waals surface area (Å²) in [5, 5.41) is 11.7. The first-order valence-electron chi connectivity index (χ1n) is 7.82. The van der Waals surface area contributed by atoms with Gasteiger partial charge in [-0.2, -0.15) is 13.7 Å². The number of benzene rings is 2. The van der Waals surface area contributed by atoms with E-state index in [1.807, 2.05) is 12.1 Å². The number of amidine groups is 1. The molecule has 0 aliphatic carbocycles. The van der Waals surface area contributed by atoms with Gasteiger partial charge in [-0.1, -0.05) is 24.3 Å². The molecule has 0 unspecified atom stereocenters. The van der Waals surface area contributed by atoms with E-state index in [4.69, 9.17) is 5.26 Å². The van der Waals surface area contributed by atoms with Gasteiger partial charge in [-0.05, 0) is 29.8 Å². The number of carbonyl (C=O) groups excluding carboxylic acids is 1. The van der Waals surface area contributed by atoms with Crippen LogP contribution in [0.4, 0.5) is 0 Å². The van der Waals surface area contributed by atoms with E-state index in [0.717, 1.165) is 5.56 Å². The first-order chi connectivity index (χ1) is 12.4. The maximum absolute atomic E-state index is 12.2. The molecule has 0 saturated carbocycles. The van der Waals surface area contributed by atoms with E-state index in [9.17, 15) is 13.2 Å². The molecular weight excluding hydrogens is 352 g/mol. The predicted octanol–water partition coefficient (Wildman–Crippen LogP) is 1.26. The van der Waals surface area contributed by atoms with Crippen molar-refractivity contribution in [3.63, 3.8) is 0 Å². The second-order valence-electron chi connectivity index (χ2n) is 5.83. The van der Waals surface area contributed by atoms with Crippen LogP contribution in [0.3, 0.4) is 0 Å². The number of sulfonamides is 1. The maximum Gasteiger partial charge on any atom is 0.285 e. The molecular formula is C18H16N4O3S. The number of likely N-dealkylation sites (N-methyl/N-ethyl adjacent to an activating group) is 1. The zero-order valence-corrected chi connectivity index (χ0v) is 14.8. The standard InChI is InChI=1S/C18H16N4O3S/c1-22(18-15-7-2-3-8-16(15)26(24,25)21-18)12-17(23)20-11-14-6-4-5-13(9-14)10-19/h2-9H,11-12H2,1H3,(H,20,23). The van der Waals surface area contributed by atoms with Crippen molar-refractivity contribution in [3.05, 3.63) is 65.2 Å². The van der Waals surface area contributed by atoms with Crippen molar-refractivity contribution >= 4 is 21.8 Å². The van der Waals surface area contributed by atoms with Crippen molar-refractivity contribution in [1.29, 1.82) is 5.26 Å². The number of nitrogens with one attached hydrogen (secondary N) is 1. The monoisotopic (exact) mass is 368 g/mol. The molecule has 8 heteroatoms. The smallest absolute Gasteiger partial charge is 0.285 e. The van der Waals surface area contributed by atoms with E-state index in [1.165, 1.54) is 11.0 Å². The highest BCUT2D eigenvalue weighted by atomic mass is 32.2. The first-order valence-corrected chi connectivity index (χ1v) is 9.26. The van der Waals surface area contributed by atoms with E-state index < -0.39 is 10.0 Å². The average molecular weight is 368 g/mol. The fourth-order valence-corrected chi connectivity index (χ4v) is 3.91. The summed E-state index contributed by atoms with van der Waals surface area (Å²) in [5.41, 5.74) is 1.83.